The van der Waals surface area contributed by atoms with E-state index in [1.54, 1.807) is 12.4 Å². The number of rotatable bonds is 15. The van der Waals surface area contributed by atoms with E-state index in [0.29, 0.717) is 11.1 Å². The SMILES string of the molecule is CC(O)C(NC(=O)C(N)CCC(=O)O)C(=O)NC(Cc1c[nH]c2ccccc12)C(=O)NC(Cc1c[nH]c2ccccc12)C(=O)O. The van der Waals surface area contributed by atoms with Crippen molar-refractivity contribution in [2.45, 2.75) is 62.9 Å². The lowest BCUT2D eigenvalue weighted by molar-refractivity contribution is -0.142. The summed E-state index contributed by atoms with van der Waals surface area (Å²) in [7, 11) is 0. The molecular weight excluding hydrogens is 584 g/mol. The number of aromatic nitrogens is 2. The second-order valence-electron chi connectivity index (χ2n) is 10.9. The van der Waals surface area contributed by atoms with Gasteiger partial charge < -0.3 is 47.0 Å². The van der Waals surface area contributed by atoms with E-state index in [2.05, 4.69) is 25.9 Å². The van der Waals surface area contributed by atoms with E-state index >= 15 is 0 Å². The maximum atomic E-state index is 13.7. The fraction of sp³-hybridized carbons (Fsp3) is 0.323. The van der Waals surface area contributed by atoms with Gasteiger partial charge >= 0.3 is 11.9 Å². The average Bonchev–Trinajstić information content (AvgIpc) is 3.61. The molecule has 0 saturated heterocycles. The number of carbonyl (C=O) groups excluding carboxylic acids is 3. The number of carboxylic acid groups (broad SMARTS) is 2. The molecule has 2 aromatic carbocycles. The molecule has 0 fully saturated rings. The van der Waals surface area contributed by atoms with E-state index in [9.17, 15) is 34.2 Å². The first-order valence-corrected chi connectivity index (χ1v) is 14.3. The first-order valence-electron chi connectivity index (χ1n) is 14.3. The molecule has 0 radical (unpaired) electrons. The number of hydrogen-bond donors (Lipinski definition) is 9. The normalized spacial score (nSPS) is 14.6. The quantitative estimate of drug-likeness (QED) is 0.0900. The van der Waals surface area contributed by atoms with Crippen LogP contribution in [-0.4, -0.2) is 85.2 Å². The third-order valence-electron chi connectivity index (χ3n) is 7.51. The second-order valence-corrected chi connectivity index (χ2v) is 10.9. The van der Waals surface area contributed by atoms with Crippen LogP contribution < -0.4 is 21.7 Å². The van der Waals surface area contributed by atoms with Gasteiger partial charge in [-0.2, -0.15) is 0 Å². The van der Waals surface area contributed by atoms with Crippen LogP contribution in [0.3, 0.4) is 0 Å². The average molecular weight is 621 g/mol. The number of nitrogens with one attached hydrogen (secondary N) is 5. The van der Waals surface area contributed by atoms with Gasteiger partial charge in [0.25, 0.3) is 0 Å². The number of aliphatic hydroxyl groups excluding tert-OH is 1. The van der Waals surface area contributed by atoms with E-state index in [-0.39, 0.29) is 25.7 Å². The molecule has 3 amide bonds. The van der Waals surface area contributed by atoms with Gasteiger partial charge in [0, 0.05) is 53.5 Å². The van der Waals surface area contributed by atoms with Gasteiger partial charge in [0.2, 0.25) is 17.7 Å². The molecule has 5 atom stereocenters. The van der Waals surface area contributed by atoms with Crippen molar-refractivity contribution in [3.63, 3.8) is 0 Å². The Labute approximate surface area is 257 Å². The lowest BCUT2D eigenvalue weighted by Gasteiger charge is -2.26. The van der Waals surface area contributed by atoms with E-state index < -0.39 is 59.9 Å². The van der Waals surface area contributed by atoms with Crippen LogP contribution in [-0.2, 0) is 36.8 Å². The molecule has 10 N–H and O–H groups in total. The Morgan fingerprint density at radius 3 is 1.78 bits per heavy atom. The van der Waals surface area contributed by atoms with Crippen molar-refractivity contribution in [1.29, 1.82) is 0 Å². The lowest BCUT2D eigenvalue weighted by atomic mass is 10.0. The highest BCUT2D eigenvalue weighted by molar-refractivity contribution is 5.95. The van der Waals surface area contributed by atoms with Crippen LogP contribution in [0.4, 0.5) is 0 Å². The maximum Gasteiger partial charge on any atom is 0.326 e. The highest BCUT2D eigenvalue weighted by atomic mass is 16.4. The molecule has 14 heteroatoms. The van der Waals surface area contributed by atoms with Crippen molar-refractivity contribution in [2.75, 3.05) is 0 Å². The van der Waals surface area contributed by atoms with Crippen molar-refractivity contribution in [3.05, 3.63) is 72.1 Å². The molecule has 4 aromatic rings. The number of amides is 3. The van der Waals surface area contributed by atoms with Crippen molar-refractivity contribution < 1.29 is 39.3 Å². The molecule has 14 nitrogen and oxygen atoms in total. The van der Waals surface area contributed by atoms with Gasteiger partial charge in [-0.3, -0.25) is 19.2 Å². The van der Waals surface area contributed by atoms with Crippen molar-refractivity contribution in [2.24, 2.45) is 5.73 Å². The Morgan fingerprint density at radius 2 is 1.27 bits per heavy atom. The molecule has 45 heavy (non-hydrogen) atoms. The zero-order chi connectivity index (χ0) is 32.7. The summed E-state index contributed by atoms with van der Waals surface area (Å²) in [6.07, 6.45) is 1.25. The molecule has 238 valence electrons. The van der Waals surface area contributed by atoms with E-state index in [4.69, 9.17) is 10.8 Å². The number of nitrogens with two attached hydrogens (primary N) is 1. The molecule has 0 saturated carbocycles. The van der Waals surface area contributed by atoms with E-state index in [1.807, 2.05) is 48.5 Å². The summed E-state index contributed by atoms with van der Waals surface area (Å²) in [6, 6.07) is 9.15. The first-order chi connectivity index (χ1) is 21.4. The van der Waals surface area contributed by atoms with E-state index in [0.717, 1.165) is 21.8 Å². The van der Waals surface area contributed by atoms with Crippen LogP contribution in [0.25, 0.3) is 21.8 Å². The Morgan fingerprint density at radius 1 is 0.756 bits per heavy atom. The summed E-state index contributed by atoms with van der Waals surface area (Å²) in [4.78, 5) is 69.0. The summed E-state index contributed by atoms with van der Waals surface area (Å²) in [5.41, 5.74) is 8.68. The number of aliphatic carboxylic acids is 2. The number of H-pyrrole nitrogens is 2. The number of para-hydroxylation sites is 2. The Kier molecular flexibility index (Phi) is 10.5. The van der Waals surface area contributed by atoms with Gasteiger partial charge in [0.15, 0.2) is 0 Å². The number of aromatic amines is 2. The summed E-state index contributed by atoms with van der Waals surface area (Å²) in [6.45, 7) is 1.25. The van der Waals surface area contributed by atoms with Gasteiger partial charge in [0.1, 0.15) is 18.1 Å². The monoisotopic (exact) mass is 620 g/mol. The third-order valence-corrected chi connectivity index (χ3v) is 7.51. The molecule has 2 aromatic heterocycles. The molecule has 0 bridgehead atoms. The van der Waals surface area contributed by atoms with Crippen LogP contribution in [0.1, 0.15) is 30.9 Å². The predicted octanol–water partition coefficient (Wildman–Crippen LogP) is 0.546. The zero-order valence-electron chi connectivity index (χ0n) is 24.4. The largest absolute Gasteiger partial charge is 0.481 e. The molecule has 0 aliphatic heterocycles. The molecule has 4 rings (SSSR count). The fourth-order valence-electron chi connectivity index (χ4n) is 5.06. The molecule has 0 aliphatic carbocycles. The minimum absolute atomic E-state index is 0.0422. The molecular formula is C31H36N6O8. The van der Waals surface area contributed by atoms with Crippen LogP contribution in [0.15, 0.2) is 60.9 Å². The summed E-state index contributed by atoms with van der Waals surface area (Å²) in [5, 5.41) is 38.2. The minimum atomic E-state index is -1.55. The Balaban J connectivity index is 1.56. The molecule has 2 heterocycles. The van der Waals surface area contributed by atoms with Gasteiger partial charge in [-0.25, -0.2) is 4.79 Å². The van der Waals surface area contributed by atoms with Gasteiger partial charge in [-0.1, -0.05) is 36.4 Å². The maximum absolute atomic E-state index is 13.7. The lowest BCUT2D eigenvalue weighted by Crippen LogP contribution is -2.60. The smallest absolute Gasteiger partial charge is 0.326 e. The van der Waals surface area contributed by atoms with Gasteiger partial charge in [-0.05, 0) is 36.6 Å². The highest BCUT2D eigenvalue weighted by Crippen LogP contribution is 2.21. The number of carboxylic acids is 2. The molecule has 0 aliphatic rings. The van der Waals surface area contributed by atoms with Crippen molar-refractivity contribution >= 4 is 51.5 Å². The third kappa shape index (κ3) is 8.25. The number of fused-ring (bicyclic) bond motifs is 2. The predicted molar refractivity (Wildman–Crippen MR) is 164 cm³/mol. The number of benzene rings is 2. The van der Waals surface area contributed by atoms with Crippen molar-refractivity contribution in [3.8, 4) is 0 Å². The second kappa shape index (κ2) is 14.5. The highest BCUT2D eigenvalue weighted by Gasteiger charge is 2.33. The van der Waals surface area contributed by atoms with Gasteiger partial charge in [-0.15, -0.1) is 0 Å². The number of carbonyl (C=O) groups is 5. The fourth-order valence-corrected chi connectivity index (χ4v) is 5.06. The first kappa shape index (κ1) is 32.7. The Hall–Kier alpha value is -5.21. The van der Waals surface area contributed by atoms with Crippen LogP contribution in [0.2, 0.25) is 0 Å². The number of hydrogen-bond acceptors (Lipinski definition) is 7. The summed E-state index contributed by atoms with van der Waals surface area (Å²) < 4.78 is 0. The summed E-state index contributed by atoms with van der Waals surface area (Å²) in [5.74, 6) is -5.02. The standard InChI is InChI=1S/C31H36N6O8/c1-16(38)27(37-28(41)21(32)10-11-26(39)40)30(43)35-24(12-17-14-33-22-8-4-2-6-19(17)22)29(42)36-25(31(44)45)13-18-15-34-23-9-5-3-7-20(18)23/h2-9,14-16,21,24-25,27,33-34,38H,10-13,32H2,1H3,(H,35,43)(H,36,42)(H,37,41)(H,39,40)(H,44,45). The number of aliphatic hydroxyl groups is 1. The van der Waals surface area contributed by atoms with E-state index in [1.165, 1.54) is 6.92 Å². The van der Waals surface area contributed by atoms with Crippen LogP contribution >= 0.6 is 0 Å². The van der Waals surface area contributed by atoms with Crippen molar-refractivity contribution in [1.82, 2.24) is 25.9 Å². The van der Waals surface area contributed by atoms with Crippen LogP contribution in [0.5, 0.6) is 0 Å². The summed E-state index contributed by atoms with van der Waals surface area (Å²) >= 11 is 0. The van der Waals surface area contributed by atoms with Crippen LogP contribution in [0, 0.1) is 0 Å². The van der Waals surface area contributed by atoms with Gasteiger partial charge in [0.05, 0.1) is 12.1 Å². The Bertz CT molecular complexity index is 1700. The topological polar surface area (TPSA) is 240 Å². The molecule has 0 spiro atoms. The minimum Gasteiger partial charge on any atom is -0.481 e. The molecule has 5 unspecified atom stereocenters. The zero-order valence-corrected chi connectivity index (χ0v) is 24.4.